The number of anilines is 1. The van der Waals surface area contributed by atoms with Gasteiger partial charge in [0, 0.05) is 30.3 Å². The number of hydrogen-bond donors (Lipinski definition) is 3. The predicted octanol–water partition coefficient (Wildman–Crippen LogP) is 3.44. The molecular formula is C22H23ClN4O3. The lowest BCUT2D eigenvalue weighted by Gasteiger charge is -2.23. The number of carbonyl (C=O) groups is 1. The molecule has 0 bridgehead atoms. The van der Waals surface area contributed by atoms with Crippen molar-refractivity contribution in [3.05, 3.63) is 63.7 Å². The van der Waals surface area contributed by atoms with E-state index in [1.54, 1.807) is 0 Å². The van der Waals surface area contributed by atoms with Crippen molar-refractivity contribution in [1.82, 2.24) is 5.32 Å². The van der Waals surface area contributed by atoms with Gasteiger partial charge in [-0.2, -0.15) is 0 Å². The summed E-state index contributed by atoms with van der Waals surface area (Å²) in [6.45, 7) is 3.70. The van der Waals surface area contributed by atoms with E-state index in [1.807, 2.05) is 57.3 Å². The minimum atomic E-state index is -0.920. The van der Waals surface area contributed by atoms with Crippen LogP contribution in [0.1, 0.15) is 25.8 Å². The fraction of sp³-hybridized carbons (Fsp3) is 0.318. The number of rotatable bonds is 4. The van der Waals surface area contributed by atoms with E-state index in [0.29, 0.717) is 22.3 Å². The first-order chi connectivity index (χ1) is 14.4. The Kier molecular flexibility index (Phi) is 5.39. The second-order valence-electron chi connectivity index (χ2n) is 7.46. The fourth-order valence-electron chi connectivity index (χ4n) is 3.72. The number of nitrogens with zero attached hydrogens (tertiary/aromatic N) is 2. The maximum absolute atomic E-state index is 11.5. The first kappa shape index (κ1) is 20.2. The Bertz CT molecular complexity index is 1040. The van der Waals surface area contributed by atoms with Gasteiger partial charge in [-0.05, 0) is 49.3 Å². The maximum Gasteiger partial charge on any atom is 0.331 e. The van der Waals surface area contributed by atoms with E-state index >= 15 is 0 Å². The minimum absolute atomic E-state index is 0.197. The van der Waals surface area contributed by atoms with Crippen molar-refractivity contribution in [3.8, 4) is 0 Å². The molecule has 3 aliphatic rings. The van der Waals surface area contributed by atoms with Gasteiger partial charge in [0.05, 0.1) is 16.8 Å². The Morgan fingerprint density at radius 2 is 1.97 bits per heavy atom. The number of carboxylic acid groups (broad SMARTS) is 1. The first-order valence-corrected chi connectivity index (χ1v) is 10.1. The molecule has 2 aliphatic heterocycles. The molecule has 0 fully saturated rings. The van der Waals surface area contributed by atoms with Crippen molar-refractivity contribution in [2.45, 2.75) is 38.6 Å². The Morgan fingerprint density at radius 1 is 1.23 bits per heavy atom. The van der Waals surface area contributed by atoms with Crippen LogP contribution in [-0.4, -0.2) is 48.2 Å². The van der Waals surface area contributed by atoms with Crippen LogP contribution in [-0.2, 0) is 9.53 Å². The van der Waals surface area contributed by atoms with Crippen molar-refractivity contribution in [2.24, 2.45) is 9.98 Å². The molecule has 1 aliphatic carbocycles. The van der Waals surface area contributed by atoms with E-state index in [-0.39, 0.29) is 18.6 Å². The molecule has 8 heteroatoms. The number of amidine groups is 1. The molecule has 1 aromatic rings. The highest BCUT2D eigenvalue weighted by molar-refractivity contribution is 6.46. The third-order valence-electron chi connectivity index (χ3n) is 5.53. The topological polar surface area (TPSA) is 95.3 Å². The minimum Gasteiger partial charge on any atom is -0.478 e. The molecule has 2 heterocycles. The summed E-state index contributed by atoms with van der Waals surface area (Å²) in [5, 5.41) is 16.3. The van der Waals surface area contributed by atoms with Crippen LogP contribution in [0.15, 0.2) is 68.2 Å². The van der Waals surface area contributed by atoms with E-state index in [1.165, 1.54) is 0 Å². The number of aliphatic imine (C=N–C) groups is 2. The molecule has 30 heavy (non-hydrogen) atoms. The number of ether oxygens (including phenoxy) is 1. The molecule has 3 unspecified atom stereocenters. The number of aliphatic carboxylic acids is 1. The predicted molar refractivity (Wildman–Crippen MR) is 118 cm³/mol. The van der Waals surface area contributed by atoms with Gasteiger partial charge in [-0.15, -0.1) is 0 Å². The van der Waals surface area contributed by atoms with Crippen LogP contribution >= 0.6 is 11.6 Å². The molecule has 3 N–H and O–H groups in total. The van der Waals surface area contributed by atoms with Gasteiger partial charge in [0.25, 0.3) is 6.02 Å². The van der Waals surface area contributed by atoms with Gasteiger partial charge >= 0.3 is 5.97 Å². The number of hydrogen-bond acceptors (Lipinski definition) is 6. The zero-order valence-corrected chi connectivity index (χ0v) is 17.7. The van der Waals surface area contributed by atoms with E-state index < -0.39 is 12.1 Å². The molecule has 0 spiro atoms. The molecule has 0 saturated carbocycles. The van der Waals surface area contributed by atoms with Gasteiger partial charge < -0.3 is 20.5 Å². The largest absolute Gasteiger partial charge is 0.478 e. The molecule has 1 aromatic carbocycles. The summed E-state index contributed by atoms with van der Waals surface area (Å²) in [7, 11) is 1.87. The Morgan fingerprint density at radius 3 is 2.63 bits per heavy atom. The number of allylic oxidation sites excluding steroid dienone is 3. The Balaban J connectivity index is 1.52. The number of halogens is 1. The van der Waals surface area contributed by atoms with Gasteiger partial charge in [0.1, 0.15) is 6.10 Å². The van der Waals surface area contributed by atoms with Crippen LogP contribution in [0.3, 0.4) is 0 Å². The standard InChI is InChI=1S/C22H23ClN4O3/c1-11-8-15(9-16(12(11)2)21(28)29)30-22-25-18-10-17(23)19(26-20(18)27-22)13-4-6-14(24-3)7-5-13/h4-8,10,15,18,20,24H,9H2,1-3H3,(H,25,27)(H,28,29). The molecule has 4 rings (SSSR count). The van der Waals surface area contributed by atoms with Crippen molar-refractivity contribution in [1.29, 1.82) is 0 Å². The van der Waals surface area contributed by atoms with E-state index in [9.17, 15) is 9.90 Å². The summed E-state index contributed by atoms with van der Waals surface area (Å²) < 4.78 is 5.96. The molecule has 0 saturated heterocycles. The van der Waals surface area contributed by atoms with Crippen LogP contribution in [0.5, 0.6) is 0 Å². The summed E-state index contributed by atoms with van der Waals surface area (Å²) in [5.74, 6) is -0.920. The van der Waals surface area contributed by atoms with Gasteiger partial charge in [0.2, 0.25) is 0 Å². The summed E-state index contributed by atoms with van der Waals surface area (Å²) >= 11 is 6.49. The number of benzene rings is 1. The first-order valence-electron chi connectivity index (χ1n) is 9.72. The quantitative estimate of drug-likeness (QED) is 0.685. The van der Waals surface area contributed by atoms with Gasteiger partial charge in [-0.3, -0.25) is 4.99 Å². The average Bonchev–Trinajstić information content (AvgIpc) is 3.10. The van der Waals surface area contributed by atoms with Crippen LogP contribution in [0.4, 0.5) is 5.69 Å². The molecule has 0 amide bonds. The lowest BCUT2D eigenvalue weighted by atomic mass is 9.91. The maximum atomic E-state index is 11.5. The van der Waals surface area contributed by atoms with Crippen LogP contribution in [0.25, 0.3) is 0 Å². The van der Waals surface area contributed by atoms with Crippen LogP contribution < -0.4 is 10.6 Å². The zero-order valence-electron chi connectivity index (χ0n) is 16.9. The summed E-state index contributed by atoms with van der Waals surface area (Å²) in [6, 6.07) is 8.00. The summed E-state index contributed by atoms with van der Waals surface area (Å²) in [4.78, 5) is 20.8. The zero-order chi connectivity index (χ0) is 21.4. The van der Waals surface area contributed by atoms with Crippen molar-refractivity contribution in [3.63, 3.8) is 0 Å². The second kappa shape index (κ2) is 7.99. The van der Waals surface area contributed by atoms with Gasteiger partial charge in [-0.1, -0.05) is 23.7 Å². The fourth-order valence-corrected chi connectivity index (χ4v) is 4.01. The van der Waals surface area contributed by atoms with Crippen LogP contribution in [0.2, 0.25) is 0 Å². The van der Waals surface area contributed by atoms with Crippen LogP contribution in [0, 0.1) is 0 Å². The smallest absolute Gasteiger partial charge is 0.331 e. The average molecular weight is 427 g/mol. The van der Waals surface area contributed by atoms with Crippen molar-refractivity contribution < 1.29 is 14.6 Å². The third-order valence-corrected chi connectivity index (χ3v) is 5.83. The molecular weight excluding hydrogens is 404 g/mol. The van der Waals surface area contributed by atoms with E-state index in [2.05, 4.69) is 15.6 Å². The highest BCUT2D eigenvalue weighted by Gasteiger charge is 2.34. The van der Waals surface area contributed by atoms with Crippen molar-refractivity contribution in [2.75, 3.05) is 12.4 Å². The molecule has 156 valence electrons. The number of carboxylic acids is 1. The number of fused-ring (bicyclic) bond motifs is 1. The SMILES string of the molecule is CNc1ccc(C2=NC3N=C(OC4C=C(C)C(C)=C(C(=O)O)C4)NC3C=C2Cl)cc1. The molecule has 0 aromatic heterocycles. The second-order valence-corrected chi connectivity index (χ2v) is 7.86. The van der Waals surface area contributed by atoms with Gasteiger partial charge in [0.15, 0.2) is 6.17 Å². The number of dihydropyridines is 1. The molecule has 7 nitrogen and oxygen atoms in total. The number of nitrogens with one attached hydrogen (secondary N) is 2. The highest BCUT2D eigenvalue weighted by Crippen LogP contribution is 2.29. The third kappa shape index (κ3) is 3.85. The molecule has 0 radical (unpaired) electrons. The summed E-state index contributed by atoms with van der Waals surface area (Å²) in [5.41, 5.74) is 4.65. The normalized spacial score (nSPS) is 25.4. The Hall–Kier alpha value is -3.06. The van der Waals surface area contributed by atoms with Crippen molar-refractivity contribution >= 4 is 35.0 Å². The lowest BCUT2D eigenvalue weighted by Crippen LogP contribution is -2.37. The van der Waals surface area contributed by atoms with E-state index in [4.69, 9.17) is 21.3 Å². The highest BCUT2D eigenvalue weighted by atomic mass is 35.5. The van der Waals surface area contributed by atoms with E-state index in [0.717, 1.165) is 22.4 Å². The lowest BCUT2D eigenvalue weighted by molar-refractivity contribution is -0.133. The monoisotopic (exact) mass is 426 g/mol. The van der Waals surface area contributed by atoms with Gasteiger partial charge in [-0.25, -0.2) is 9.79 Å². The summed E-state index contributed by atoms with van der Waals surface area (Å²) in [6.07, 6.45) is 3.32. The molecule has 3 atom stereocenters. The Labute approximate surface area is 179 Å².